The molecule has 0 heterocycles. The zero-order valence-electron chi connectivity index (χ0n) is 8.75. The monoisotopic (exact) mass is 211 g/mol. The SMILES string of the molecule is CCN(CCCl)CCc1ccccc1. The van der Waals surface area contributed by atoms with Gasteiger partial charge < -0.3 is 4.90 Å². The molecule has 78 valence electrons. The lowest BCUT2D eigenvalue weighted by atomic mass is 10.1. The molecular formula is C12H18ClN. The Morgan fingerprint density at radius 3 is 2.43 bits per heavy atom. The lowest BCUT2D eigenvalue weighted by molar-refractivity contribution is 0.309. The number of hydrogen-bond donors (Lipinski definition) is 0. The summed E-state index contributed by atoms with van der Waals surface area (Å²) in [7, 11) is 0. The average Bonchev–Trinajstić information content (AvgIpc) is 2.25. The Labute approximate surface area is 91.7 Å². The first-order valence-electron chi connectivity index (χ1n) is 5.19. The molecule has 0 aliphatic heterocycles. The van der Waals surface area contributed by atoms with Crippen LogP contribution in [0.25, 0.3) is 0 Å². The van der Waals surface area contributed by atoms with Gasteiger partial charge in [0, 0.05) is 19.0 Å². The highest BCUT2D eigenvalue weighted by molar-refractivity contribution is 6.18. The highest BCUT2D eigenvalue weighted by Crippen LogP contribution is 2.01. The summed E-state index contributed by atoms with van der Waals surface area (Å²) in [5.74, 6) is 0.725. The molecule has 0 aliphatic carbocycles. The van der Waals surface area contributed by atoms with Crippen molar-refractivity contribution in [2.75, 3.05) is 25.5 Å². The minimum absolute atomic E-state index is 0.725. The topological polar surface area (TPSA) is 3.24 Å². The molecule has 0 spiro atoms. The van der Waals surface area contributed by atoms with Gasteiger partial charge in [-0.25, -0.2) is 0 Å². The van der Waals surface area contributed by atoms with Gasteiger partial charge in [0.25, 0.3) is 0 Å². The number of halogens is 1. The molecule has 2 heteroatoms. The van der Waals surface area contributed by atoms with E-state index < -0.39 is 0 Å². The standard InChI is InChI=1S/C12H18ClN/c1-2-14(11-9-13)10-8-12-6-4-3-5-7-12/h3-7H,2,8-11H2,1H3. The first-order valence-corrected chi connectivity index (χ1v) is 5.72. The predicted octanol–water partition coefficient (Wildman–Crippen LogP) is 2.79. The van der Waals surface area contributed by atoms with Crippen molar-refractivity contribution in [1.82, 2.24) is 4.90 Å². The molecule has 1 aromatic rings. The largest absolute Gasteiger partial charge is 0.302 e. The van der Waals surface area contributed by atoms with Crippen LogP contribution in [0.5, 0.6) is 0 Å². The maximum absolute atomic E-state index is 5.72. The second-order valence-electron chi connectivity index (χ2n) is 3.36. The average molecular weight is 212 g/mol. The van der Waals surface area contributed by atoms with E-state index in [2.05, 4.69) is 42.2 Å². The molecule has 0 saturated heterocycles. The summed E-state index contributed by atoms with van der Waals surface area (Å²) in [4.78, 5) is 2.38. The molecule has 0 saturated carbocycles. The third kappa shape index (κ3) is 4.12. The fourth-order valence-electron chi connectivity index (χ4n) is 1.48. The van der Waals surface area contributed by atoms with Crippen LogP contribution in [0.4, 0.5) is 0 Å². The van der Waals surface area contributed by atoms with Gasteiger partial charge in [0.2, 0.25) is 0 Å². The van der Waals surface area contributed by atoms with E-state index in [9.17, 15) is 0 Å². The Balaban J connectivity index is 2.32. The van der Waals surface area contributed by atoms with Crippen LogP contribution in [0, 0.1) is 0 Å². The highest BCUT2D eigenvalue weighted by Gasteiger charge is 2.00. The molecule has 0 aromatic heterocycles. The van der Waals surface area contributed by atoms with E-state index in [1.54, 1.807) is 0 Å². The van der Waals surface area contributed by atoms with Gasteiger partial charge in [-0.15, -0.1) is 11.6 Å². The lowest BCUT2D eigenvalue weighted by Gasteiger charge is -2.18. The number of alkyl halides is 1. The molecular weight excluding hydrogens is 194 g/mol. The summed E-state index contributed by atoms with van der Waals surface area (Å²) >= 11 is 5.72. The summed E-state index contributed by atoms with van der Waals surface area (Å²) in [5, 5.41) is 0. The van der Waals surface area contributed by atoms with Crippen LogP contribution < -0.4 is 0 Å². The molecule has 14 heavy (non-hydrogen) atoms. The van der Waals surface area contributed by atoms with Crippen molar-refractivity contribution in [2.45, 2.75) is 13.3 Å². The molecule has 0 radical (unpaired) electrons. The van der Waals surface area contributed by atoms with Crippen LogP contribution in [0.15, 0.2) is 30.3 Å². The first-order chi connectivity index (χ1) is 6.86. The number of benzene rings is 1. The van der Waals surface area contributed by atoms with Gasteiger partial charge >= 0.3 is 0 Å². The van der Waals surface area contributed by atoms with Crippen molar-refractivity contribution in [3.8, 4) is 0 Å². The molecule has 1 rings (SSSR count). The van der Waals surface area contributed by atoms with E-state index in [1.165, 1.54) is 5.56 Å². The third-order valence-corrected chi connectivity index (χ3v) is 2.58. The van der Waals surface area contributed by atoms with Gasteiger partial charge in [-0.3, -0.25) is 0 Å². The molecule has 0 aliphatic rings. The van der Waals surface area contributed by atoms with Gasteiger partial charge in [0.1, 0.15) is 0 Å². The minimum atomic E-state index is 0.725. The van der Waals surface area contributed by atoms with Crippen LogP contribution in [0.1, 0.15) is 12.5 Å². The van der Waals surface area contributed by atoms with E-state index in [0.29, 0.717) is 0 Å². The number of likely N-dealkylation sites (N-methyl/N-ethyl adjacent to an activating group) is 1. The highest BCUT2D eigenvalue weighted by atomic mass is 35.5. The van der Waals surface area contributed by atoms with Crippen molar-refractivity contribution in [2.24, 2.45) is 0 Å². The Bertz CT molecular complexity index is 235. The van der Waals surface area contributed by atoms with E-state index in [0.717, 1.165) is 31.9 Å². The molecule has 0 unspecified atom stereocenters. The van der Waals surface area contributed by atoms with Gasteiger partial charge in [-0.1, -0.05) is 37.3 Å². The molecule has 0 bridgehead atoms. The van der Waals surface area contributed by atoms with E-state index >= 15 is 0 Å². The fourth-order valence-corrected chi connectivity index (χ4v) is 1.72. The summed E-state index contributed by atoms with van der Waals surface area (Å²) in [6.07, 6.45) is 1.12. The van der Waals surface area contributed by atoms with Crippen molar-refractivity contribution in [1.29, 1.82) is 0 Å². The molecule has 1 aromatic carbocycles. The number of hydrogen-bond acceptors (Lipinski definition) is 1. The van der Waals surface area contributed by atoms with E-state index in [4.69, 9.17) is 11.6 Å². The zero-order valence-corrected chi connectivity index (χ0v) is 9.50. The van der Waals surface area contributed by atoms with Crippen LogP contribution in [-0.2, 0) is 6.42 Å². The summed E-state index contributed by atoms with van der Waals surface area (Å²) in [6.45, 7) is 5.36. The van der Waals surface area contributed by atoms with Crippen molar-refractivity contribution >= 4 is 11.6 Å². The predicted molar refractivity (Wildman–Crippen MR) is 63.0 cm³/mol. The Kier molecular flexibility index (Phi) is 5.65. The Morgan fingerprint density at radius 1 is 1.14 bits per heavy atom. The smallest absolute Gasteiger partial charge is 0.0351 e. The van der Waals surface area contributed by atoms with Crippen molar-refractivity contribution in [3.05, 3.63) is 35.9 Å². The molecule has 0 N–H and O–H groups in total. The summed E-state index contributed by atoms with van der Waals surface area (Å²) < 4.78 is 0. The maximum atomic E-state index is 5.72. The quantitative estimate of drug-likeness (QED) is 0.655. The third-order valence-electron chi connectivity index (χ3n) is 2.41. The number of nitrogens with zero attached hydrogens (tertiary/aromatic N) is 1. The molecule has 1 nitrogen and oxygen atoms in total. The number of rotatable bonds is 6. The molecule has 0 fully saturated rings. The van der Waals surface area contributed by atoms with E-state index in [1.807, 2.05) is 0 Å². The second kappa shape index (κ2) is 6.86. The van der Waals surface area contributed by atoms with Crippen LogP contribution >= 0.6 is 11.6 Å². The zero-order chi connectivity index (χ0) is 10.2. The molecule has 0 amide bonds. The first kappa shape index (κ1) is 11.5. The van der Waals surface area contributed by atoms with E-state index in [-0.39, 0.29) is 0 Å². The van der Waals surface area contributed by atoms with Crippen molar-refractivity contribution < 1.29 is 0 Å². The minimum Gasteiger partial charge on any atom is -0.302 e. The maximum Gasteiger partial charge on any atom is 0.0351 e. The van der Waals surface area contributed by atoms with Gasteiger partial charge in [-0.05, 0) is 18.5 Å². The van der Waals surface area contributed by atoms with Gasteiger partial charge in [0.15, 0.2) is 0 Å². The van der Waals surface area contributed by atoms with Gasteiger partial charge in [0.05, 0.1) is 0 Å². The normalized spacial score (nSPS) is 10.8. The molecule has 0 atom stereocenters. The Hall–Kier alpha value is -0.530. The van der Waals surface area contributed by atoms with Crippen LogP contribution in [0.2, 0.25) is 0 Å². The second-order valence-corrected chi connectivity index (χ2v) is 3.74. The Morgan fingerprint density at radius 2 is 1.86 bits per heavy atom. The van der Waals surface area contributed by atoms with Gasteiger partial charge in [-0.2, -0.15) is 0 Å². The fraction of sp³-hybridized carbons (Fsp3) is 0.500. The lowest BCUT2D eigenvalue weighted by Crippen LogP contribution is -2.27. The summed E-state index contributed by atoms with van der Waals surface area (Å²) in [5.41, 5.74) is 1.40. The summed E-state index contributed by atoms with van der Waals surface area (Å²) in [6, 6.07) is 10.6. The van der Waals surface area contributed by atoms with Crippen molar-refractivity contribution in [3.63, 3.8) is 0 Å². The van der Waals surface area contributed by atoms with Crippen LogP contribution in [0.3, 0.4) is 0 Å². The van der Waals surface area contributed by atoms with Crippen LogP contribution in [-0.4, -0.2) is 30.4 Å².